The fourth-order valence-electron chi connectivity index (χ4n) is 1.65. The molecule has 1 aromatic carbocycles. The largest absolute Gasteiger partial charge is 0.481 e. The molecule has 1 heterocycles. The lowest BCUT2D eigenvalue weighted by Gasteiger charge is -2.05. The van der Waals surface area contributed by atoms with Crippen LogP contribution in [0.25, 0.3) is 5.69 Å². The van der Waals surface area contributed by atoms with E-state index >= 15 is 0 Å². The second-order valence-electron chi connectivity index (χ2n) is 3.86. The van der Waals surface area contributed by atoms with Gasteiger partial charge in [-0.1, -0.05) is 17.7 Å². The van der Waals surface area contributed by atoms with Gasteiger partial charge in [-0.3, -0.25) is 4.79 Å². The van der Waals surface area contributed by atoms with Gasteiger partial charge in [-0.15, -0.1) is 0 Å². The summed E-state index contributed by atoms with van der Waals surface area (Å²) in [5.41, 5.74) is 0.781. The molecule has 6 heteroatoms. The second kappa shape index (κ2) is 5.18. The van der Waals surface area contributed by atoms with E-state index in [0.29, 0.717) is 23.1 Å². The van der Waals surface area contributed by atoms with Crippen molar-refractivity contribution in [3.05, 3.63) is 40.9 Å². The lowest BCUT2D eigenvalue weighted by Crippen LogP contribution is -2.06. The highest BCUT2D eigenvalue weighted by molar-refractivity contribution is 6.30. The van der Waals surface area contributed by atoms with Crippen molar-refractivity contribution < 1.29 is 9.90 Å². The Balaban J connectivity index is 2.35. The van der Waals surface area contributed by atoms with Gasteiger partial charge in [0, 0.05) is 11.4 Å². The molecule has 5 nitrogen and oxygen atoms in total. The van der Waals surface area contributed by atoms with Crippen molar-refractivity contribution in [2.24, 2.45) is 0 Å². The van der Waals surface area contributed by atoms with E-state index in [4.69, 9.17) is 16.7 Å². The first-order valence-electron chi connectivity index (χ1n) is 5.46. The van der Waals surface area contributed by atoms with Crippen molar-refractivity contribution in [3.8, 4) is 5.69 Å². The van der Waals surface area contributed by atoms with Crippen LogP contribution in [0.4, 0.5) is 0 Å². The van der Waals surface area contributed by atoms with Crippen LogP contribution >= 0.6 is 11.6 Å². The number of aryl methyl sites for hydroxylation is 2. The monoisotopic (exact) mass is 265 g/mol. The van der Waals surface area contributed by atoms with Gasteiger partial charge in [0.05, 0.1) is 12.1 Å². The molecule has 0 saturated heterocycles. The number of aliphatic carboxylic acids is 1. The normalized spacial score (nSPS) is 10.6. The molecule has 0 fully saturated rings. The molecule has 0 unspecified atom stereocenters. The van der Waals surface area contributed by atoms with E-state index < -0.39 is 5.97 Å². The molecule has 1 aromatic heterocycles. The summed E-state index contributed by atoms with van der Waals surface area (Å²) in [5, 5.41) is 13.6. The van der Waals surface area contributed by atoms with Crippen molar-refractivity contribution >= 4 is 17.6 Å². The molecule has 2 rings (SSSR count). The van der Waals surface area contributed by atoms with E-state index in [1.807, 2.05) is 12.1 Å². The number of carboxylic acid groups (broad SMARTS) is 1. The highest BCUT2D eigenvalue weighted by atomic mass is 35.5. The second-order valence-corrected chi connectivity index (χ2v) is 4.30. The van der Waals surface area contributed by atoms with E-state index in [1.165, 1.54) is 0 Å². The Morgan fingerprint density at radius 2 is 2.28 bits per heavy atom. The highest BCUT2D eigenvalue weighted by Gasteiger charge is 2.11. The molecule has 0 aliphatic carbocycles. The highest BCUT2D eigenvalue weighted by Crippen LogP contribution is 2.16. The predicted molar refractivity (Wildman–Crippen MR) is 67.1 cm³/mol. The zero-order valence-electron chi connectivity index (χ0n) is 9.80. The summed E-state index contributed by atoms with van der Waals surface area (Å²) in [7, 11) is 0. The Morgan fingerprint density at radius 3 is 2.94 bits per heavy atom. The topological polar surface area (TPSA) is 68.0 Å². The molecule has 0 aliphatic heterocycles. The minimum absolute atomic E-state index is 0.0265. The predicted octanol–water partition coefficient (Wildman–Crippen LogP) is 2.25. The van der Waals surface area contributed by atoms with Crippen LogP contribution in [0.15, 0.2) is 24.3 Å². The van der Waals surface area contributed by atoms with E-state index in [1.54, 1.807) is 23.7 Å². The van der Waals surface area contributed by atoms with E-state index in [-0.39, 0.29) is 6.42 Å². The maximum Gasteiger partial charge on any atom is 0.303 e. The summed E-state index contributed by atoms with van der Waals surface area (Å²) < 4.78 is 1.63. The molecule has 0 atom stereocenters. The van der Waals surface area contributed by atoms with Gasteiger partial charge >= 0.3 is 5.97 Å². The number of carboxylic acids is 1. The number of nitrogens with zero attached hydrogens (tertiary/aromatic N) is 3. The summed E-state index contributed by atoms with van der Waals surface area (Å²) in [6.45, 7) is 1.77. The number of carbonyl (C=O) groups is 1. The van der Waals surface area contributed by atoms with Crippen LogP contribution in [0.3, 0.4) is 0 Å². The van der Waals surface area contributed by atoms with Gasteiger partial charge in [-0.05, 0) is 25.1 Å². The fourth-order valence-corrected chi connectivity index (χ4v) is 1.84. The summed E-state index contributed by atoms with van der Waals surface area (Å²) in [6.07, 6.45) is 0.362. The summed E-state index contributed by atoms with van der Waals surface area (Å²) in [4.78, 5) is 14.8. The van der Waals surface area contributed by atoms with E-state index in [2.05, 4.69) is 10.1 Å². The van der Waals surface area contributed by atoms with Crippen LogP contribution in [0, 0.1) is 6.92 Å². The van der Waals surface area contributed by atoms with Crippen molar-refractivity contribution in [1.29, 1.82) is 0 Å². The number of rotatable bonds is 4. The third kappa shape index (κ3) is 2.87. The van der Waals surface area contributed by atoms with Crippen LogP contribution in [-0.2, 0) is 11.2 Å². The van der Waals surface area contributed by atoms with Gasteiger partial charge in [-0.2, -0.15) is 5.10 Å². The third-order valence-electron chi connectivity index (χ3n) is 2.40. The number of hydrogen-bond acceptors (Lipinski definition) is 3. The maximum atomic E-state index is 10.6. The Hall–Kier alpha value is -1.88. The molecule has 0 radical (unpaired) electrons. The van der Waals surface area contributed by atoms with E-state index in [9.17, 15) is 4.79 Å². The third-order valence-corrected chi connectivity index (χ3v) is 2.63. The smallest absolute Gasteiger partial charge is 0.303 e. The van der Waals surface area contributed by atoms with Gasteiger partial charge < -0.3 is 5.11 Å². The minimum Gasteiger partial charge on any atom is -0.481 e. The number of benzene rings is 1. The van der Waals surface area contributed by atoms with Crippen molar-refractivity contribution in [2.75, 3.05) is 0 Å². The molecule has 2 aromatic rings. The van der Waals surface area contributed by atoms with Crippen LogP contribution < -0.4 is 0 Å². The van der Waals surface area contributed by atoms with Crippen LogP contribution in [0.1, 0.15) is 18.1 Å². The Morgan fingerprint density at radius 1 is 1.50 bits per heavy atom. The molecule has 94 valence electrons. The average Bonchev–Trinajstić information content (AvgIpc) is 2.68. The molecule has 0 amide bonds. The Labute approximate surface area is 109 Å². The molecule has 18 heavy (non-hydrogen) atoms. The van der Waals surface area contributed by atoms with Crippen LogP contribution in [0.2, 0.25) is 5.02 Å². The minimum atomic E-state index is -0.853. The summed E-state index contributed by atoms with van der Waals surface area (Å²) in [6, 6.07) is 7.20. The fraction of sp³-hybridized carbons (Fsp3) is 0.250. The quantitative estimate of drug-likeness (QED) is 0.921. The molecule has 0 spiro atoms. The number of aromatic nitrogens is 3. The maximum absolute atomic E-state index is 10.6. The summed E-state index contributed by atoms with van der Waals surface area (Å²) >= 11 is 5.93. The van der Waals surface area contributed by atoms with Gasteiger partial charge in [0.25, 0.3) is 0 Å². The first-order chi connectivity index (χ1) is 8.56. The van der Waals surface area contributed by atoms with Gasteiger partial charge in [0.15, 0.2) is 0 Å². The molecular formula is C12H12ClN3O2. The van der Waals surface area contributed by atoms with Gasteiger partial charge in [0.1, 0.15) is 11.6 Å². The summed E-state index contributed by atoms with van der Waals surface area (Å²) in [5.74, 6) is 0.376. The molecule has 0 saturated carbocycles. The first-order valence-corrected chi connectivity index (χ1v) is 5.84. The number of halogens is 1. The Kier molecular flexibility index (Phi) is 3.62. The zero-order valence-corrected chi connectivity index (χ0v) is 10.6. The van der Waals surface area contributed by atoms with E-state index in [0.717, 1.165) is 5.69 Å². The van der Waals surface area contributed by atoms with Gasteiger partial charge in [0.2, 0.25) is 0 Å². The SMILES string of the molecule is Cc1nc(CCC(=O)O)n(-c2cccc(Cl)c2)n1. The Bertz CT molecular complexity index is 580. The standard InChI is InChI=1S/C12H12ClN3O2/c1-8-14-11(5-6-12(17)18)16(15-8)10-4-2-3-9(13)7-10/h2-4,7H,5-6H2,1H3,(H,17,18). The molecule has 1 N–H and O–H groups in total. The van der Waals surface area contributed by atoms with Crippen molar-refractivity contribution in [2.45, 2.75) is 19.8 Å². The van der Waals surface area contributed by atoms with Gasteiger partial charge in [-0.25, -0.2) is 9.67 Å². The molecule has 0 bridgehead atoms. The van der Waals surface area contributed by atoms with Crippen LogP contribution in [0.5, 0.6) is 0 Å². The van der Waals surface area contributed by atoms with Crippen molar-refractivity contribution in [3.63, 3.8) is 0 Å². The van der Waals surface area contributed by atoms with Crippen molar-refractivity contribution in [1.82, 2.24) is 14.8 Å². The lowest BCUT2D eigenvalue weighted by atomic mass is 10.3. The molecular weight excluding hydrogens is 254 g/mol. The lowest BCUT2D eigenvalue weighted by molar-refractivity contribution is -0.137. The first kappa shape index (κ1) is 12.6. The molecule has 0 aliphatic rings. The number of hydrogen-bond donors (Lipinski definition) is 1. The average molecular weight is 266 g/mol. The van der Waals surface area contributed by atoms with Crippen LogP contribution in [-0.4, -0.2) is 25.8 Å². The zero-order chi connectivity index (χ0) is 13.1.